The zero-order chi connectivity index (χ0) is 14.1. The van der Waals surface area contributed by atoms with Crippen LogP contribution >= 0.6 is 0 Å². The Morgan fingerprint density at radius 3 is 2.26 bits per heavy atom. The SMILES string of the molecule is CCCCCCCCC(=O)N(CCC(=O)O)C1CC1. The number of carbonyl (C=O) groups excluding carboxylic acids is 1. The molecule has 0 unspecified atom stereocenters. The van der Waals surface area contributed by atoms with E-state index in [0.717, 1.165) is 25.7 Å². The number of aliphatic carboxylic acids is 1. The van der Waals surface area contributed by atoms with E-state index in [0.29, 0.717) is 19.0 Å². The molecule has 0 aromatic heterocycles. The Bertz CT molecular complexity index is 287. The van der Waals surface area contributed by atoms with Crippen molar-refractivity contribution in [2.45, 2.75) is 77.2 Å². The molecule has 0 bridgehead atoms. The molecule has 0 radical (unpaired) electrons. The number of carboxylic acids is 1. The average molecular weight is 269 g/mol. The second-order valence-electron chi connectivity index (χ2n) is 5.48. The Balaban J connectivity index is 2.15. The Morgan fingerprint density at radius 1 is 1.05 bits per heavy atom. The molecule has 0 aromatic carbocycles. The van der Waals surface area contributed by atoms with Gasteiger partial charge < -0.3 is 10.0 Å². The van der Waals surface area contributed by atoms with E-state index >= 15 is 0 Å². The van der Waals surface area contributed by atoms with E-state index in [1.165, 1.54) is 25.7 Å². The molecule has 1 rings (SSSR count). The number of amides is 1. The van der Waals surface area contributed by atoms with Crippen molar-refractivity contribution in [1.29, 1.82) is 0 Å². The predicted molar refractivity (Wildman–Crippen MR) is 75.0 cm³/mol. The van der Waals surface area contributed by atoms with Gasteiger partial charge in [-0.2, -0.15) is 0 Å². The van der Waals surface area contributed by atoms with Crippen molar-refractivity contribution in [3.8, 4) is 0 Å². The van der Waals surface area contributed by atoms with Crippen molar-refractivity contribution in [2.75, 3.05) is 6.54 Å². The number of carboxylic acid groups (broad SMARTS) is 1. The topological polar surface area (TPSA) is 57.6 Å². The molecule has 110 valence electrons. The van der Waals surface area contributed by atoms with Gasteiger partial charge in [-0.25, -0.2) is 0 Å². The van der Waals surface area contributed by atoms with Gasteiger partial charge in [0.1, 0.15) is 0 Å². The van der Waals surface area contributed by atoms with Crippen molar-refractivity contribution in [3.05, 3.63) is 0 Å². The first-order chi connectivity index (χ1) is 9.15. The highest BCUT2D eigenvalue weighted by Crippen LogP contribution is 2.27. The number of hydrogen-bond acceptors (Lipinski definition) is 2. The molecule has 1 N–H and O–H groups in total. The number of nitrogens with zero attached hydrogens (tertiary/aromatic N) is 1. The van der Waals surface area contributed by atoms with Crippen LogP contribution in [-0.4, -0.2) is 34.5 Å². The molecular formula is C15H27NO3. The molecule has 0 aliphatic heterocycles. The minimum Gasteiger partial charge on any atom is -0.481 e. The average Bonchev–Trinajstić information content (AvgIpc) is 3.18. The Hall–Kier alpha value is -1.06. The summed E-state index contributed by atoms with van der Waals surface area (Å²) in [7, 11) is 0. The zero-order valence-corrected chi connectivity index (χ0v) is 12.1. The molecule has 4 nitrogen and oxygen atoms in total. The summed E-state index contributed by atoms with van der Waals surface area (Å²) < 4.78 is 0. The fourth-order valence-electron chi connectivity index (χ4n) is 2.31. The van der Waals surface area contributed by atoms with E-state index in [2.05, 4.69) is 6.92 Å². The predicted octanol–water partition coefficient (Wildman–Crippen LogP) is 3.20. The highest BCUT2D eigenvalue weighted by atomic mass is 16.4. The van der Waals surface area contributed by atoms with Gasteiger partial charge in [-0.05, 0) is 19.3 Å². The standard InChI is InChI=1S/C15H27NO3/c1-2-3-4-5-6-7-8-14(17)16(13-9-10-13)12-11-15(18)19/h13H,2-12H2,1H3,(H,18,19). The first-order valence-electron chi connectivity index (χ1n) is 7.66. The van der Waals surface area contributed by atoms with Crippen LogP contribution in [0, 0.1) is 0 Å². The fourth-order valence-corrected chi connectivity index (χ4v) is 2.31. The van der Waals surface area contributed by atoms with E-state index < -0.39 is 5.97 Å². The van der Waals surface area contributed by atoms with E-state index in [4.69, 9.17) is 5.11 Å². The normalized spacial score (nSPS) is 14.4. The summed E-state index contributed by atoms with van der Waals surface area (Å²) in [6, 6.07) is 0.326. The first-order valence-corrected chi connectivity index (χ1v) is 7.66. The second-order valence-corrected chi connectivity index (χ2v) is 5.48. The van der Waals surface area contributed by atoms with Gasteiger partial charge in [-0.1, -0.05) is 39.0 Å². The molecule has 0 spiro atoms. The largest absolute Gasteiger partial charge is 0.481 e. The third-order valence-corrected chi connectivity index (χ3v) is 3.62. The lowest BCUT2D eigenvalue weighted by molar-refractivity contribution is -0.138. The molecule has 4 heteroatoms. The molecule has 19 heavy (non-hydrogen) atoms. The summed E-state index contributed by atoms with van der Waals surface area (Å²) >= 11 is 0. The molecule has 1 saturated carbocycles. The van der Waals surface area contributed by atoms with Crippen LogP contribution < -0.4 is 0 Å². The van der Waals surface area contributed by atoms with Crippen LogP contribution in [0.2, 0.25) is 0 Å². The Labute approximate surface area is 116 Å². The number of rotatable bonds is 11. The monoisotopic (exact) mass is 269 g/mol. The van der Waals surface area contributed by atoms with Crippen molar-refractivity contribution < 1.29 is 14.7 Å². The summed E-state index contributed by atoms with van der Waals surface area (Å²) in [5, 5.41) is 8.70. The summed E-state index contributed by atoms with van der Waals surface area (Å²) in [4.78, 5) is 24.4. The fraction of sp³-hybridized carbons (Fsp3) is 0.867. The summed E-state index contributed by atoms with van der Waals surface area (Å²) in [6.45, 7) is 2.58. The maximum atomic E-state index is 12.1. The smallest absolute Gasteiger partial charge is 0.305 e. The van der Waals surface area contributed by atoms with Gasteiger partial charge in [-0.15, -0.1) is 0 Å². The highest BCUT2D eigenvalue weighted by Gasteiger charge is 2.32. The lowest BCUT2D eigenvalue weighted by atomic mass is 10.1. The summed E-state index contributed by atoms with van der Waals surface area (Å²) in [5.41, 5.74) is 0. The minimum atomic E-state index is -0.821. The highest BCUT2D eigenvalue weighted by molar-refractivity contribution is 5.77. The minimum absolute atomic E-state index is 0.0682. The molecule has 0 heterocycles. The van der Waals surface area contributed by atoms with Gasteiger partial charge in [-0.3, -0.25) is 9.59 Å². The van der Waals surface area contributed by atoms with Gasteiger partial charge >= 0.3 is 5.97 Å². The van der Waals surface area contributed by atoms with Gasteiger partial charge in [0.25, 0.3) is 0 Å². The van der Waals surface area contributed by atoms with Crippen LogP contribution in [0.15, 0.2) is 0 Å². The quantitative estimate of drug-likeness (QED) is 0.586. The molecule has 1 aliphatic rings. The maximum absolute atomic E-state index is 12.1. The first kappa shape index (κ1) is 16.0. The van der Waals surface area contributed by atoms with Crippen LogP contribution in [0.5, 0.6) is 0 Å². The number of carbonyl (C=O) groups is 2. The van der Waals surface area contributed by atoms with Crippen molar-refractivity contribution >= 4 is 11.9 Å². The Kier molecular flexibility index (Phi) is 7.53. The lowest BCUT2D eigenvalue weighted by Gasteiger charge is -2.21. The van der Waals surface area contributed by atoms with E-state index in [1.54, 1.807) is 4.90 Å². The van der Waals surface area contributed by atoms with Crippen LogP contribution in [-0.2, 0) is 9.59 Å². The molecule has 1 aliphatic carbocycles. The van der Waals surface area contributed by atoms with Crippen molar-refractivity contribution in [3.63, 3.8) is 0 Å². The third kappa shape index (κ3) is 7.19. The molecule has 0 saturated heterocycles. The van der Waals surface area contributed by atoms with Gasteiger partial charge in [0, 0.05) is 19.0 Å². The summed E-state index contributed by atoms with van der Waals surface area (Å²) in [5.74, 6) is -0.669. The molecule has 1 fully saturated rings. The van der Waals surface area contributed by atoms with E-state index in [-0.39, 0.29) is 12.3 Å². The Morgan fingerprint density at radius 2 is 1.68 bits per heavy atom. The maximum Gasteiger partial charge on any atom is 0.305 e. The van der Waals surface area contributed by atoms with E-state index in [1.807, 2.05) is 0 Å². The van der Waals surface area contributed by atoms with Crippen LogP contribution in [0.3, 0.4) is 0 Å². The van der Waals surface area contributed by atoms with Crippen LogP contribution in [0.25, 0.3) is 0 Å². The van der Waals surface area contributed by atoms with Crippen molar-refractivity contribution in [2.24, 2.45) is 0 Å². The number of unbranched alkanes of at least 4 members (excludes halogenated alkanes) is 5. The molecule has 0 atom stereocenters. The van der Waals surface area contributed by atoms with Crippen LogP contribution in [0.4, 0.5) is 0 Å². The molecule has 0 aromatic rings. The number of hydrogen-bond donors (Lipinski definition) is 1. The van der Waals surface area contributed by atoms with Crippen LogP contribution in [0.1, 0.15) is 71.1 Å². The second kappa shape index (κ2) is 8.94. The zero-order valence-electron chi connectivity index (χ0n) is 12.1. The van der Waals surface area contributed by atoms with Crippen molar-refractivity contribution in [1.82, 2.24) is 4.90 Å². The lowest BCUT2D eigenvalue weighted by Crippen LogP contribution is -2.34. The third-order valence-electron chi connectivity index (χ3n) is 3.62. The van der Waals surface area contributed by atoms with Gasteiger partial charge in [0.15, 0.2) is 0 Å². The molecule has 1 amide bonds. The molecular weight excluding hydrogens is 242 g/mol. The van der Waals surface area contributed by atoms with Gasteiger partial charge in [0.05, 0.1) is 6.42 Å². The van der Waals surface area contributed by atoms with Gasteiger partial charge in [0.2, 0.25) is 5.91 Å². The van der Waals surface area contributed by atoms with E-state index in [9.17, 15) is 9.59 Å². The summed E-state index contributed by atoms with van der Waals surface area (Å²) in [6.07, 6.45) is 9.78.